The molecule has 1 aliphatic heterocycles. The van der Waals surface area contributed by atoms with Crippen LogP contribution in [-0.2, 0) is 10.0 Å². The van der Waals surface area contributed by atoms with Crippen molar-refractivity contribution in [3.05, 3.63) is 24.3 Å². The second-order valence-corrected chi connectivity index (χ2v) is 7.85. The van der Waals surface area contributed by atoms with E-state index in [4.69, 9.17) is 0 Å². The molecule has 1 fully saturated rings. The SMILES string of the molecule is CN(C)c1cccc(S(=O)(=O)NCC(N2CCNCC2)C(F)(F)F)c1.Cl. The Morgan fingerprint density at radius 3 is 2.42 bits per heavy atom. The molecule has 26 heavy (non-hydrogen) atoms. The van der Waals surface area contributed by atoms with Crippen molar-refractivity contribution in [2.24, 2.45) is 0 Å². The third-order valence-corrected chi connectivity index (χ3v) is 5.50. The number of alkyl halides is 3. The molecular formula is C15H24ClF3N4O2S. The summed E-state index contributed by atoms with van der Waals surface area (Å²) in [5.74, 6) is 0. The molecule has 11 heteroatoms. The maximum Gasteiger partial charge on any atom is 0.405 e. The molecule has 1 saturated heterocycles. The van der Waals surface area contributed by atoms with Crippen LogP contribution in [0.25, 0.3) is 0 Å². The molecule has 1 heterocycles. The smallest absolute Gasteiger partial charge is 0.378 e. The van der Waals surface area contributed by atoms with Crippen molar-refractivity contribution in [3.63, 3.8) is 0 Å². The van der Waals surface area contributed by atoms with Gasteiger partial charge in [-0.25, -0.2) is 13.1 Å². The number of nitrogens with zero attached hydrogens (tertiary/aromatic N) is 2. The third kappa shape index (κ3) is 5.98. The molecule has 1 aliphatic rings. The van der Waals surface area contributed by atoms with E-state index in [1.807, 2.05) is 0 Å². The normalized spacial score (nSPS) is 17.4. The zero-order chi connectivity index (χ0) is 18.7. The summed E-state index contributed by atoms with van der Waals surface area (Å²) in [6.45, 7) is 0.635. The lowest BCUT2D eigenvalue weighted by atomic mass is 10.2. The predicted molar refractivity (Wildman–Crippen MR) is 97.5 cm³/mol. The molecule has 0 aliphatic carbocycles. The van der Waals surface area contributed by atoms with Gasteiger partial charge in [0.25, 0.3) is 0 Å². The standard InChI is InChI=1S/C15H23F3N4O2S.ClH/c1-21(2)12-4-3-5-13(10-12)25(23,24)20-11-14(15(16,17)18)22-8-6-19-7-9-22;/h3-5,10,14,19-20H,6-9,11H2,1-2H3;1H. The van der Waals surface area contributed by atoms with Gasteiger partial charge in [0.1, 0.15) is 6.04 Å². The number of piperazine rings is 1. The van der Waals surface area contributed by atoms with Crippen LogP contribution in [0.4, 0.5) is 18.9 Å². The van der Waals surface area contributed by atoms with E-state index in [9.17, 15) is 21.6 Å². The highest BCUT2D eigenvalue weighted by Gasteiger charge is 2.44. The molecule has 0 saturated carbocycles. The summed E-state index contributed by atoms with van der Waals surface area (Å²) in [5.41, 5.74) is 0.650. The molecule has 0 spiro atoms. The molecule has 0 radical (unpaired) electrons. The molecule has 0 amide bonds. The van der Waals surface area contributed by atoms with Crippen LogP contribution in [0.3, 0.4) is 0 Å². The summed E-state index contributed by atoms with van der Waals surface area (Å²) in [6, 6.07) is 4.22. The maximum absolute atomic E-state index is 13.3. The molecule has 2 rings (SSSR count). The van der Waals surface area contributed by atoms with Crippen molar-refractivity contribution in [1.29, 1.82) is 0 Å². The minimum absolute atomic E-state index is 0. The quantitative estimate of drug-likeness (QED) is 0.731. The van der Waals surface area contributed by atoms with E-state index in [0.717, 1.165) is 0 Å². The molecule has 1 unspecified atom stereocenters. The Morgan fingerprint density at radius 1 is 1.27 bits per heavy atom. The van der Waals surface area contributed by atoms with E-state index in [-0.39, 0.29) is 30.4 Å². The number of sulfonamides is 1. The van der Waals surface area contributed by atoms with Gasteiger partial charge in [-0.1, -0.05) is 6.07 Å². The largest absolute Gasteiger partial charge is 0.405 e. The van der Waals surface area contributed by atoms with Gasteiger partial charge in [0, 0.05) is 52.5 Å². The van der Waals surface area contributed by atoms with E-state index >= 15 is 0 Å². The summed E-state index contributed by atoms with van der Waals surface area (Å²) >= 11 is 0. The second-order valence-electron chi connectivity index (χ2n) is 6.09. The summed E-state index contributed by atoms with van der Waals surface area (Å²) < 4.78 is 66.9. The Labute approximate surface area is 158 Å². The molecule has 0 bridgehead atoms. The van der Waals surface area contributed by atoms with Crippen molar-refractivity contribution >= 4 is 28.1 Å². The first-order valence-corrected chi connectivity index (χ1v) is 9.38. The number of benzene rings is 1. The molecular weight excluding hydrogens is 393 g/mol. The van der Waals surface area contributed by atoms with E-state index in [2.05, 4.69) is 10.0 Å². The highest BCUT2D eigenvalue weighted by Crippen LogP contribution is 2.25. The van der Waals surface area contributed by atoms with E-state index in [1.54, 1.807) is 31.1 Å². The van der Waals surface area contributed by atoms with Crippen LogP contribution in [0.15, 0.2) is 29.2 Å². The lowest BCUT2D eigenvalue weighted by Crippen LogP contribution is -2.57. The second kappa shape index (κ2) is 9.23. The molecule has 1 aromatic carbocycles. The zero-order valence-electron chi connectivity index (χ0n) is 14.6. The van der Waals surface area contributed by atoms with Crippen molar-refractivity contribution in [3.8, 4) is 0 Å². The average molecular weight is 417 g/mol. The number of halogens is 4. The number of nitrogens with one attached hydrogen (secondary N) is 2. The van der Waals surface area contributed by atoms with Gasteiger partial charge in [-0.05, 0) is 18.2 Å². The first-order chi connectivity index (χ1) is 11.6. The fourth-order valence-electron chi connectivity index (χ4n) is 2.65. The van der Waals surface area contributed by atoms with Gasteiger partial charge in [-0.2, -0.15) is 13.2 Å². The van der Waals surface area contributed by atoms with Crippen LogP contribution in [0.2, 0.25) is 0 Å². The predicted octanol–water partition coefficient (Wildman–Crippen LogP) is 1.29. The van der Waals surface area contributed by atoms with Gasteiger partial charge in [-0.3, -0.25) is 4.90 Å². The van der Waals surface area contributed by atoms with Gasteiger partial charge in [-0.15, -0.1) is 12.4 Å². The van der Waals surface area contributed by atoms with E-state index < -0.39 is 28.8 Å². The minimum Gasteiger partial charge on any atom is -0.378 e. The van der Waals surface area contributed by atoms with Crippen molar-refractivity contribution in [2.75, 3.05) is 51.7 Å². The first kappa shape index (κ1) is 23.0. The van der Waals surface area contributed by atoms with Crippen LogP contribution in [-0.4, -0.2) is 72.4 Å². The fourth-order valence-corrected chi connectivity index (χ4v) is 3.72. The monoisotopic (exact) mass is 416 g/mol. The first-order valence-electron chi connectivity index (χ1n) is 7.90. The topological polar surface area (TPSA) is 64.7 Å². The summed E-state index contributed by atoms with van der Waals surface area (Å²) in [4.78, 5) is 2.92. The molecule has 1 atom stereocenters. The van der Waals surface area contributed by atoms with Gasteiger partial charge >= 0.3 is 6.18 Å². The van der Waals surface area contributed by atoms with Gasteiger partial charge in [0.15, 0.2) is 0 Å². The van der Waals surface area contributed by atoms with Crippen LogP contribution in [0, 0.1) is 0 Å². The van der Waals surface area contributed by atoms with Crippen molar-refractivity contribution < 1.29 is 21.6 Å². The lowest BCUT2D eigenvalue weighted by Gasteiger charge is -2.35. The summed E-state index contributed by atoms with van der Waals surface area (Å²) in [6.07, 6.45) is -4.51. The average Bonchev–Trinajstić information content (AvgIpc) is 2.54. The highest BCUT2D eigenvalue weighted by atomic mass is 35.5. The van der Waals surface area contributed by atoms with Crippen LogP contribution in [0.1, 0.15) is 0 Å². The Morgan fingerprint density at radius 2 is 1.88 bits per heavy atom. The maximum atomic E-state index is 13.3. The number of hydrogen-bond donors (Lipinski definition) is 2. The van der Waals surface area contributed by atoms with Crippen molar-refractivity contribution in [1.82, 2.24) is 14.9 Å². The number of rotatable bonds is 6. The zero-order valence-corrected chi connectivity index (χ0v) is 16.2. The molecule has 2 N–H and O–H groups in total. The third-order valence-electron chi connectivity index (χ3n) is 4.08. The Balaban J connectivity index is 0.00000338. The lowest BCUT2D eigenvalue weighted by molar-refractivity contribution is -0.182. The molecule has 0 aromatic heterocycles. The molecule has 1 aromatic rings. The number of anilines is 1. The van der Waals surface area contributed by atoms with E-state index in [0.29, 0.717) is 18.8 Å². The Bertz CT molecular complexity index is 680. The van der Waals surface area contributed by atoms with Gasteiger partial charge < -0.3 is 10.2 Å². The van der Waals surface area contributed by atoms with Crippen LogP contribution < -0.4 is 14.9 Å². The van der Waals surface area contributed by atoms with Crippen LogP contribution in [0.5, 0.6) is 0 Å². The minimum atomic E-state index is -4.51. The molecule has 6 nitrogen and oxygen atoms in total. The van der Waals surface area contributed by atoms with Crippen molar-refractivity contribution in [2.45, 2.75) is 17.1 Å². The van der Waals surface area contributed by atoms with Gasteiger partial charge in [0.2, 0.25) is 10.0 Å². The Hall–Kier alpha value is -1.07. The van der Waals surface area contributed by atoms with Gasteiger partial charge in [0.05, 0.1) is 4.90 Å². The van der Waals surface area contributed by atoms with E-state index in [1.165, 1.54) is 17.0 Å². The number of hydrogen-bond acceptors (Lipinski definition) is 5. The summed E-state index contributed by atoms with van der Waals surface area (Å²) in [7, 11) is -0.523. The Kier molecular flexibility index (Phi) is 8.15. The fraction of sp³-hybridized carbons (Fsp3) is 0.600. The molecule has 150 valence electrons. The highest BCUT2D eigenvalue weighted by molar-refractivity contribution is 7.89. The summed E-state index contributed by atoms with van der Waals surface area (Å²) in [5, 5.41) is 2.98. The van der Waals surface area contributed by atoms with Crippen LogP contribution >= 0.6 is 12.4 Å².